The highest BCUT2D eigenvalue weighted by Gasteiger charge is 2.29. The van der Waals surface area contributed by atoms with Crippen LogP contribution in [0.4, 0.5) is 15.8 Å². The molecule has 2 aromatic heterocycles. The van der Waals surface area contributed by atoms with Crippen molar-refractivity contribution in [1.29, 1.82) is 0 Å². The number of pyridine rings is 1. The molecule has 2 N–H and O–H groups in total. The number of carbonyl (C=O) groups is 2. The molecule has 0 atom stereocenters. The van der Waals surface area contributed by atoms with Crippen molar-refractivity contribution in [3.63, 3.8) is 0 Å². The van der Waals surface area contributed by atoms with Crippen LogP contribution in [0.2, 0.25) is 0 Å². The van der Waals surface area contributed by atoms with E-state index in [0.29, 0.717) is 22.5 Å². The summed E-state index contributed by atoms with van der Waals surface area (Å²) in [5.41, 5.74) is 2.55. The van der Waals surface area contributed by atoms with Crippen molar-refractivity contribution in [2.45, 2.75) is 19.8 Å². The second kappa shape index (κ2) is 7.88. The van der Waals surface area contributed by atoms with E-state index in [2.05, 4.69) is 20.8 Å². The van der Waals surface area contributed by atoms with Crippen molar-refractivity contribution < 1.29 is 18.5 Å². The number of benzene rings is 2. The number of nitrogens with one attached hydrogen (secondary N) is 2. The number of fused-ring (bicyclic) bond motifs is 1. The number of anilines is 2. The normalized spacial score (nSPS) is 13.2. The minimum atomic E-state index is -0.457. The van der Waals surface area contributed by atoms with E-state index in [1.54, 1.807) is 49.4 Å². The van der Waals surface area contributed by atoms with Gasteiger partial charge in [-0.15, -0.1) is 0 Å². The summed E-state index contributed by atoms with van der Waals surface area (Å²) in [6.45, 7) is 1.71. The molecule has 2 aromatic carbocycles. The van der Waals surface area contributed by atoms with E-state index in [0.717, 1.165) is 12.8 Å². The zero-order chi connectivity index (χ0) is 22.2. The summed E-state index contributed by atoms with van der Waals surface area (Å²) in [5, 5.41) is 10.1. The van der Waals surface area contributed by atoms with Gasteiger partial charge in [0.05, 0.1) is 22.3 Å². The molecule has 0 saturated heterocycles. The topological polar surface area (TPSA) is 97.1 Å². The maximum absolute atomic E-state index is 14.3. The molecule has 0 radical (unpaired) electrons. The largest absolute Gasteiger partial charge is 0.335 e. The van der Waals surface area contributed by atoms with Crippen LogP contribution in [0.3, 0.4) is 0 Å². The van der Waals surface area contributed by atoms with Gasteiger partial charge in [-0.25, -0.2) is 9.37 Å². The van der Waals surface area contributed by atoms with Crippen LogP contribution in [-0.2, 0) is 4.79 Å². The number of aryl methyl sites for hydroxylation is 1. The van der Waals surface area contributed by atoms with E-state index in [-0.39, 0.29) is 34.4 Å². The number of halogens is 1. The van der Waals surface area contributed by atoms with Gasteiger partial charge in [0.1, 0.15) is 5.82 Å². The molecule has 8 heteroatoms. The SMILES string of the molecule is Cc1noc2nc(-c3ccccc3F)cc(C(=O)Nc3cccc(NC(=O)C4CC4)c3)c12. The summed E-state index contributed by atoms with van der Waals surface area (Å²) < 4.78 is 19.6. The third-order valence-corrected chi connectivity index (χ3v) is 5.35. The lowest BCUT2D eigenvalue weighted by Gasteiger charge is -2.10. The Labute approximate surface area is 182 Å². The van der Waals surface area contributed by atoms with Gasteiger partial charge >= 0.3 is 0 Å². The van der Waals surface area contributed by atoms with Crippen LogP contribution in [-0.4, -0.2) is 22.0 Å². The third kappa shape index (κ3) is 3.82. The van der Waals surface area contributed by atoms with E-state index in [1.165, 1.54) is 12.1 Å². The van der Waals surface area contributed by atoms with Gasteiger partial charge in [0.15, 0.2) is 0 Å². The van der Waals surface area contributed by atoms with E-state index in [4.69, 9.17) is 4.52 Å². The molecular formula is C24H19FN4O3. The predicted octanol–water partition coefficient (Wildman–Crippen LogP) is 4.94. The van der Waals surface area contributed by atoms with Crippen LogP contribution >= 0.6 is 0 Å². The van der Waals surface area contributed by atoms with E-state index >= 15 is 0 Å². The van der Waals surface area contributed by atoms with Gasteiger partial charge in [0.2, 0.25) is 5.91 Å². The first-order valence-electron chi connectivity index (χ1n) is 10.2. The minimum Gasteiger partial charge on any atom is -0.335 e. The molecule has 5 rings (SSSR count). The van der Waals surface area contributed by atoms with Gasteiger partial charge in [0.25, 0.3) is 11.6 Å². The summed E-state index contributed by atoms with van der Waals surface area (Å²) in [6.07, 6.45) is 1.81. The van der Waals surface area contributed by atoms with Gasteiger partial charge < -0.3 is 15.2 Å². The molecule has 2 heterocycles. The molecule has 0 spiro atoms. The smallest absolute Gasteiger partial charge is 0.259 e. The predicted molar refractivity (Wildman–Crippen MR) is 118 cm³/mol. The Morgan fingerprint density at radius 3 is 2.53 bits per heavy atom. The average Bonchev–Trinajstić information content (AvgIpc) is 3.57. The Morgan fingerprint density at radius 1 is 1.03 bits per heavy atom. The van der Waals surface area contributed by atoms with Crippen molar-refractivity contribution in [3.05, 3.63) is 71.7 Å². The first-order chi connectivity index (χ1) is 15.5. The van der Waals surface area contributed by atoms with Crippen LogP contribution in [0, 0.1) is 18.7 Å². The Balaban J connectivity index is 1.49. The van der Waals surface area contributed by atoms with Gasteiger partial charge in [-0.3, -0.25) is 9.59 Å². The third-order valence-electron chi connectivity index (χ3n) is 5.35. The van der Waals surface area contributed by atoms with Crippen molar-refractivity contribution in [1.82, 2.24) is 10.1 Å². The first kappa shape index (κ1) is 19.9. The highest BCUT2D eigenvalue weighted by Crippen LogP contribution is 2.31. The maximum atomic E-state index is 14.3. The first-order valence-corrected chi connectivity index (χ1v) is 10.2. The zero-order valence-corrected chi connectivity index (χ0v) is 17.2. The quantitative estimate of drug-likeness (QED) is 0.468. The Bertz CT molecular complexity index is 1360. The molecule has 1 fully saturated rings. The monoisotopic (exact) mass is 430 g/mol. The van der Waals surface area contributed by atoms with Gasteiger partial charge in [0, 0.05) is 22.9 Å². The summed E-state index contributed by atoms with van der Waals surface area (Å²) in [7, 11) is 0. The number of nitrogens with zero attached hydrogens (tertiary/aromatic N) is 2. The number of rotatable bonds is 5. The number of aromatic nitrogens is 2. The summed E-state index contributed by atoms with van der Waals surface area (Å²) >= 11 is 0. The average molecular weight is 430 g/mol. The van der Waals surface area contributed by atoms with E-state index < -0.39 is 11.7 Å². The van der Waals surface area contributed by atoms with Crippen molar-refractivity contribution in [2.24, 2.45) is 5.92 Å². The molecular weight excluding hydrogens is 411 g/mol. The molecule has 0 bridgehead atoms. The van der Waals surface area contributed by atoms with Crippen molar-refractivity contribution >= 4 is 34.3 Å². The molecule has 0 unspecified atom stereocenters. The summed E-state index contributed by atoms with van der Waals surface area (Å²) in [5.74, 6) is -0.821. The number of hydrogen-bond donors (Lipinski definition) is 2. The van der Waals surface area contributed by atoms with Crippen LogP contribution in [0.15, 0.2) is 59.1 Å². The fraction of sp³-hybridized carbons (Fsp3) is 0.167. The maximum Gasteiger partial charge on any atom is 0.259 e. The highest BCUT2D eigenvalue weighted by atomic mass is 19.1. The molecule has 2 amide bonds. The van der Waals surface area contributed by atoms with Crippen molar-refractivity contribution in [3.8, 4) is 11.3 Å². The van der Waals surface area contributed by atoms with E-state index in [9.17, 15) is 14.0 Å². The molecule has 4 aromatic rings. The van der Waals surface area contributed by atoms with Gasteiger partial charge in [-0.05, 0) is 56.2 Å². The number of carbonyl (C=O) groups excluding carboxylic acids is 2. The van der Waals surface area contributed by atoms with Crippen LogP contribution in [0.1, 0.15) is 28.9 Å². The summed E-state index contributed by atoms with van der Waals surface area (Å²) in [6, 6.07) is 14.6. The molecule has 0 aliphatic heterocycles. The highest BCUT2D eigenvalue weighted by molar-refractivity contribution is 6.13. The molecule has 32 heavy (non-hydrogen) atoms. The fourth-order valence-corrected chi connectivity index (χ4v) is 3.54. The van der Waals surface area contributed by atoms with Gasteiger partial charge in [-0.1, -0.05) is 23.4 Å². The van der Waals surface area contributed by atoms with E-state index in [1.807, 2.05) is 0 Å². The van der Waals surface area contributed by atoms with Crippen LogP contribution in [0.5, 0.6) is 0 Å². The second-order valence-corrected chi connectivity index (χ2v) is 7.78. The van der Waals surface area contributed by atoms with Gasteiger partial charge in [-0.2, -0.15) is 0 Å². The minimum absolute atomic E-state index is 0.0149. The van der Waals surface area contributed by atoms with Crippen molar-refractivity contribution in [2.75, 3.05) is 10.6 Å². The lowest BCUT2D eigenvalue weighted by molar-refractivity contribution is -0.117. The molecule has 1 aliphatic rings. The Kier molecular flexibility index (Phi) is 4.89. The molecule has 160 valence electrons. The Morgan fingerprint density at radius 2 is 1.78 bits per heavy atom. The standard InChI is InChI=1S/C24H19FN4O3/c1-13-21-18(12-20(28-24(21)32-29-13)17-7-2-3-8-19(17)25)23(31)27-16-6-4-5-15(11-16)26-22(30)14-9-10-14/h2-8,11-12,14H,9-10H2,1H3,(H,26,30)(H,27,31). The fourth-order valence-electron chi connectivity index (χ4n) is 3.54. The zero-order valence-electron chi connectivity index (χ0n) is 17.2. The number of amides is 2. The second-order valence-electron chi connectivity index (χ2n) is 7.78. The number of hydrogen-bond acceptors (Lipinski definition) is 5. The lowest BCUT2D eigenvalue weighted by atomic mass is 10.0. The van der Waals surface area contributed by atoms with Crippen LogP contribution < -0.4 is 10.6 Å². The lowest BCUT2D eigenvalue weighted by Crippen LogP contribution is -2.15. The molecule has 7 nitrogen and oxygen atoms in total. The molecule has 1 aliphatic carbocycles. The van der Waals surface area contributed by atoms with Crippen LogP contribution in [0.25, 0.3) is 22.4 Å². The summed E-state index contributed by atoms with van der Waals surface area (Å²) in [4.78, 5) is 29.6. The molecule has 1 saturated carbocycles. The Hall–Kier alpha value is -4.07.